The van der Waals surface area contributed by atoms with Gasteiger partial charge in [0, 0.05) is 25.0 Å². The molecule has 0 rings (SSSR count). The minimum atomic E-state index is 0.109. The van der Waals surface area contributed by atoms with Gasteiger partial charge in [-0.15, -0.1) is 0 Å². The molecule has 4 nitrogen and oxygen atoms in total. The van der Waals surface area contributed by atoms with Crippen molar-refractivity contribution in [3.8, 4) is 0 Å². The lowest BCUT2D eigenvalue weighted by Gasteiger charge is -2.20. The van der Waals surface area contributed by atoms with Gasteiger partial charge in [0.15, 0.2) is 0 Å². The quantitative estimate of drug-likeness (QED) is 0.610. The second-order valence-corrected chi connectivity index (χ2v) is 4.79. The molecule has 0 aliphatic carbocycles. The summed E-state index contributed by atoms with van der Waals surface area (Å²) in [7, 11) is 2.10. The maximum atomic E-state index is 11.3. The van der Waals surface area contributed by atoms with Crippen LogP contribution in [0.2, 0.25) is 0 Å². The summed E-state index contributed by atoms with van der Waals surface area (Å²) in [6, 6.07) is 0.673. The second kappa shape index (κ2) is 8.53. The molecule has 1 atom stereocenters. The molecule has 0 aromatic rings. The Labute approximate surface area is 99.6 Å². The standard InChI is InChI=1S/C12H27N3O/c1-10(2)15(4)9-5-8-14-12(16)7-6-11(3)13/h10-11H,5-9,13H2,1-4H3,(H,14,16). The summed E-state index contributed by atoms with van der Waals surface area (Å²) < 4.78 is 0. The van der Waals surface area contributed by atoms with Crippen molar-refractivity contribution < 1.29 is 4.79 Å². The van der Waals surface area contributed by atoms with Crippen LogP contribution in [0.4, 0.5) is 0 Å². The lowest BCUT2D eigenvalue weighted by atomic mass is 10.2. The third-order valence-electron chi connectivity index (χ3n) is 2.72. The summed E-state index contributed by atoms with van der Waals surface area (Å²) in [5.74, 6) is 0.115. The highest BCUT2D eigenvalue weighted by Gasteiger charge is 2.04. The summed E-state index contributed by atoms with van der Waals surface area (Å²) >= 11 is 0. The molecule has 0 aliphatic heterocycles. The largest absolute Gasteiger partial charge is 0.356 e. The average Bonchev–Trinajstić information content (AvgIpc) is 2.20. The zero-order valence-electron chi connectivity index (χ0n) is 11.1. The number of rotatable bonds is 8. The number of amides is 1. The lowest BCUT2D eigenvalue weighted by molar-refractivity contribution is -0.121. The molecule has 1 unspecified atom stereocenters. The van der Waals surface area contributed by atoms with Crippen LogP contribution in [-0.4, -0.2) is 43.0 Å². The maximum absolute atomic E-state index is 11.3. The molecule has 1 amide bonds. The molecule has 0 aromatic carbocycles. The number of nitrogens with one attached hydrogen (secondary N) is 1. The Bertz CT molecular complexity index is 193. The third-order valence-corrected chi connectivity index (χ3v) is 2.72. The van der Waals surface area contributed by atoms with Gasteiger partial charge in [-0.05, 0) is 47.2 Å². The van der Waals surface area contributed by atoms with Gasteiger partial charge < -0.3 is 16.0 Å². The molecule has 16 heavy (non-hydrogen) atoms. The molecule has 0 aromatic heterocycles. The van der Waals surface area contributed by atoms with Gasteiger partial charge in [0.25, 0.3) is 0 Å². The lowest BCUT2D eigenvalue weighted by Crippen LogP contribution is -2.31. The van der Waals surface area contributed by atoms with E-state index >= 15 is 0 Å². The van der Waals surface area contributed by atoms with Crippen LogP contribution >= 0.6 is 0 Å². The number of hydrogen-bond acceptors (Lipinski definition) is 3. The normalized spacial score (nSPS) is 13.2. The summed E-state index contributed by atoms with van der Waals surface area (Å²) in [6.07, 6.45) is 2.30. The Hall–Kier alpha value is -0.610. The van der Waals surface area contributed by atoms with E-state index in [-0.39, 0.29) is 11.9 Å². The van der Waals surface area contributed by atoms with Crippen LogP contribution in [-0.2, 0) is 4.79 Å². The van der Waals surface area contributed by atoms with Crippen LogP contribution in [0.15, 0.2) is 0 Å². The molecule has 0 bridgehead atoms. The van der Waals surface area contributed by atoms with E-state index in [0.29, 0.717) is 12.5 Å². The Morgan fingerprint density at radius 3 is 2.50 bits per heavy atom. The highest BCUT2D eigenvalue weighted by Crippen LogP contribution is 1.95. The number of carbonyl (C=O) groups excluding carboxylic acids is 1. The van der Waals surface area contributed by atoms with E-state index in [1.807, 2.05) is 6.92 Å². The fourth-order valence-electron chi connectivity index (χ4n) is 1.26. The smallest absolute Gasteiger partial charge is 0.220 e. The van der Waals surface area contributed by atoms with Crippen molar-refractivity contribution in [1.29, 1.82) is 0 Å². The molecular weight excluding hydrogens is 202 g/mol. The highest BCUT2D eigenvalue weighted by molar-refractivity contribution is 5.75. The molecular formula is C12H27N3O. The van der Waals surface area contributed by atoms with Crippen LogP contribution in [0.5, 0.6) is 0 Å². The topological polar surface area (TPSA) is 58.4 Å². The van der Waals surface area contributed by atoms with E-state index < -0.39 is 0 Å². The number of nitrogens with zero attached hydrogens (tertiary/aromatic N) is 1. The van der Waals surface area contributed by atoms with Crippen LogP contribution in [0.25, 0.3) is 0 Å². The van der Waals surface area contributed by atoms with Crippen LogP contribution < -0.4 is 11.1 Å². The van der Waals surface area contributed by atoms with Crippen molar-refractivity contribution in [2.24, 2.45) is 5.73 Å². The Kier molecular flexibility index (Phi) is 8.21. The number of carbonyl (C=O) groups is 1. The van der Waals surface area contributed by atoms with E-state index in [1.165, 1.54) is 0 Å². The van der Waals surface area contributed by atoms with E-state index in [4.69, 9.17) is 5.73 Å². The summed E-state index contributed by atoms with van der Waals surface area (Å²) in [4.78, 5) is 13.6. The molecule has 96 valence electrons. The van der Waals surface area contributed by atoms with Gasteiger partial charge in [-0.3, -0.25) is 4.79 Å². The van der Waals surface area contributed by atoms with Gasteiger partial charge in [0.2, 0.25) is 5.91 Å². The zero-order valence-corrected chi connectivity index (χ0v) is 11.1. The first-order valence-corrected chi connectivity index (χ1v) is 6.16. The highest BCUT2D eigenvalue weighted by atomic mass is 16.1. The average molecular weight is 229 g/mol. The van der Waals surface area contributed by atoms with E-state index in [1.54, 1.807) is 0 Å². The third kappa shape index (κ3) is 8.68. The molecule has 0 saturated carbocycles. The van der Waals surface area contributed by atoms with Crippen molar-refractivity contribution in [2.45, 2.75) is 52.1 Å². The molecule has 0 spiro atoms. The fourth-order valence-corrected chi connectivity index (χ4v) is 1.26. The van der Waals surface area contributed by atoms with Crippen molar-refractivity contribution in [3.05, 3.63) is 0 Å². The fraction of sp³-hybridized carbons (Fsp3) is 0.917. The summed E-state index contributed by atoms with van der Waals surface area (Å²) in [6.45, 7) is 8.04. The first kappa shape index (κ1) is 15.4. The summed E-state index contributed by atoms with van der Waals surface area (Å²) in [5.41, 5.74) is 5.58. The Balaban J connectivity index is 3.41. The molecule has 0 fully saturated rings. The monoisotopic (exact) mass is 229 g/mol. The van der Waals surface area contributed by atoms with Gasteiger partial charge in [0.1, 0.15) is 0 Å². The van der Waals surface area contributed by atoms with Gasteiger partial charge in [-0.2, -0.15) is 0 Å². The van der Waals surface area contributed by atoms with E-state index in [0.717, 1.165) is 25.9 Å². The maximum Gasteiger partial charge on any atom is 0.220 e. The molecule has 0 radical (unpaired) electrons. The van der Waals surface area contributed by atoms with Crippen molar-refractivity contribution >= 4 is 5.91 Å². The predicted molar refractivity (Wildman–Crippen MR) is 68.3 cm³/mol. The molecule has 0 aliphatic rings. The Morgan fingerprint density at radius 1 is 1.38 bits per heavy atom. The summed E-state index contributed by atoms with van der Waals surface area (Å²) in [5, 5.41) is 2.91. The van der Waals surface area contributed by atoms with Crippen LogP contribution in [0, 0.1) is 0 Å². The van der Waals surface area contributed by atoms with Gasteiger partial charge in [-0.1, -0.05) is 0 Å². The minimum Gasteiger partial charge on any atom is -0.356 e. The zero-order chi connectivity index (χ0) is 12.6. The van der Waals surface area contributed by atoms with Gasteiger partial charge >= 0.3 is 0 Å². The minimum absolute atomic E-state index is 0.109. The van der Waals surface area contributed by atoms with Gasteiger partial charge in [0.05, 0.1) is 0 Å². The SMILES string of the molecule is CC(N)CCC(=O)NCCCN(C)C(C)C. The second-order valence-electron chi connectivity index (χ2n) is 4.79. The van der Waals surface area contributed by atoms with E-state index in [2.05, 4.69) is 31.1 Å². The van der Waals surface area contributed by atoms with Crippen molar-refractivity contribution in [2.75, 3.05) is 20.1 Å². The van der Waals surface area contributed by atoms with Crippen molar-refractivity contribution in [1.82, 2.24) is 10.2 Å². The molecule has 0 saturated heterocycles. The van der Waals surface area contributed by atoms with E-state index in [9.17, 15) is 4.79 Å². The molecule has 0 heterocycles. The molecule has 3 N–H and O–H groups in total. The first-order chi connectivity index (χ1) is 7.43. The van der Waals surface area contributed by atoms with Gasteiger partial charge in [-0.25, -0.2) is 0 Å². The van der Waals surface area contributed by atoms with Crippen LogP contribution in [0.3, 0.4) is 0 Å². The molecule has 4 heteroatoms. The number of hydrogen-bond donors (Lipinski definition) is 2. The number of nitrogens with two attached hydrogens (primary N) is 1. The van der Waals surface area contributed by atoms with Crippen LogP contribution in [0.1, 0.15) is 40.0 Å². The predicted octanol–water partition coefficient (Wildman–Crippen LogP) is 0.960. The van der Waals surface area contributed by atoms with Crippen molar-refractivity contribution in [3.63, 3.8) is 0 Å². The first-order valence-electron chi connectivity index (χ1n) is 6.16. The Morgan fingerprint density at radius 2 is 2.00 bits per heavy atom.